The van der Waals surface area contributed by atoms with Crippen molar-refractivity contribution < 1.29 is 49.3 Å². The standard InChI is InChI=1S/C82H153NO10/c1-4-7-10-13-16-19-22-24-26-28-30-32-34-36-38-40-42-44-46-48-50-52-55-58-61-64-67-70-77(87)93-80-79(89)78(88)76(71-84)92-82(80)91-72-73(74(85)68-65-62-59-56-53-21-18-15-12-9-6-3)83-81(90)75(86)69-66-63-60-57-54-51-49-47-45-43-41-39-37-35-33-31-29-27-25-23-20-17-14-11-8-5-2/h17,20,25,27,31,33,65,68,73-76,78-80,82,84-86,88-89H,4-16,18-19,21-24,26,28-30,32,34-64,66-67,69-72H2,1-3H3,(H,83,90)/b20-17-,27-25-,33-31-,68-65+. The van der Waals surface area contributed by atoms with E-state index in [0.29, 0.717) is 19.3 Å². The number of unbranched alkanes of at least 4 members (excludes halogenated alkanes) is 51. The van der Waals surface area contributed by atoms with E-state index >= 15 is 0 Å². The molecule has 0 bridgehead atoms. The van der Waals surface area contributed by atoms with Crippen molar-refractivity contribution in [2.45, 2.75) is 449 Å². The van der Waals surface area contributed by atoms with E-state index in [4.69, 9.17) is 14.2 Å². The highest BCUT2D eigenvalue weighted by molar-refractivity contribution is 5.80. The maximum Gasteiger partial charge on any atom is 0.306 e. The van der Waals surface area contributed by atoms with Crippen molar-refractivity contribution >= 4 is 11.9 Å². The summed E-state index contributed by atoms with van der Waals surface area (Å²) in [6.45, 7) is 5.83. The van der Waals surface area contributed by atoms with E-state index in [0.717, 1.165) is 70.6 Å². The van der Waals surface area contributed by atoms with Crippen molar-refractivity contribution in [1.29, 1.82) is 0 Å². The van der Waals surface area contributed by atoms with Gasteiger partial charge in [0.25, 0.3) is 0 Å². The number of allylic oxidation sites excluding steroid dienone is 7. The maximum atomic E-state index is 13.5. The Bertz CT molecular complexity index is 1700. The molecule has 1 aliphatic rings. The molecule has 0 aromatic heterocycles. The molecule has 0 radical (unpaired) electrons. The van der Waals surface area contributed by atoms with Crippen LogP contribution in [-0.4, -0.2) is 99.6 Å². The van der Waals surface area contributed by atoms with Gasteiger partial charge < -0.3 is 45.1 Å². The van der Waals surface area contributed by atoms with Crippen LogP contribution in [0, 0.1) is 0 Å². The van der Waals surface area contributed by atoms with Crippen LogP contribution in [-0.2, 0) is 23.8 Å². The first kappa shape index (κ1) is 88.6. The zero-order valence-corrected chi connectivity index (χ0v) is 61.1. The highest BCUT2D eigenvalue weighted by atomic mass is 16.7. The van der Waals surface area contributed by atoms with Crippen molar-refractivity contribution in [3.63, 3.8) is 0 Å². The first-order valence-corrected chi connectivity index (χ1v) is 40.4. The van der Waals surface area contributed by atoms with E-state index < -0.39 is 67.4 Å². The Balaban J connectivity index is 2.45. The van der Waals surface area contributed by atoms with Crippen LogP contribution in [0.25, 0.3) is 0 Å². The summed E-state index contributed by atoms with van der Waals surface area (Å²) in [4.78, 5) is 26.8. The van der Waals surface area contributed by atoms with Crippen LogP contribution in [0.3, 0.4) is 0 Å². The van der Waals surface area contributed by atoms with Gasteiger partial charge in [-0.15, -0.1) is 0 Å². The Morgan fingerprint density at radius 2 is 0.742 bits per heavy atom. The molecule has 0 aromatic rings. The molecule has 0 spiro atoms. The van der Waals surface area contributed by atoms with Gasteiger partial charge in [-0.05, 0) is 64.2 Å². The summed E-state index contributed by atoms with van der Waals surface area (Å²) in [5.41, 5.74) is 0. The maximum absolute atomic E-state index is 13.5. The van der Waals surface area contributed by atoms with E-state index in [-0.39, 0.29) is 13.0 Å². The van der Waals surface area contributed by atoms with E-state index in [2.05, 4.69) is 62.5 Å². The molecule has 6 N–H and O–H groups in total. The van der Waals surface area contributed by atoms with Crippen LogP contribution in [0.2, 0.25) is 0 Å². The Kier molecular flexibility index (Phi) is 66.3. The van der Waals surface area contributed by atoms with Crippen LogP contribution < -0.4 is 5.32 Å². The second-order valence-electron chi connectivity index (χ2n) is 28.2. The van der Waals surface area contributed by atoms with Gasteiger partial charge in [-0.3, -0.25) is 9.59 Å². The third kappa shape index (κ3) is 56.2. The van der Waals surface area contributed by atoms with Gasteiger partial charge in [0.15, 0.2) is 12.4 Å². The minimum absolute atomic E-state index is 0.129. The van der Waals surface area contributed by atoms with Crippen molar-refractivity contribution in [2.24, 2.45) is 0 Å². The van der Waals surface area contributed by atoms with Gasteiger partial charge in [-0.2, -0.15) is 0 Å². The second-order valence-corrected chi connectivity index (χ2v) is 28.2. The van der Waals surface area contributed by atoms with Gasteiger partial charge in [0.2, 0.25) is 5.91 Å². The molecule has 11 nitrogen and oxygen atoms in total. The summed E-state index contributed by atoms with van der Waals surface area (Å²) in [7, 11) is 0. The Morgan fingerprint density at radius 3 is 1.13 bits per heavy atom. The van der Waals surface area contributed by atoms with Crippen molar-refractivity contribution in [3.05, 3.63) is 48.6 Å². The normalized spacial score (nSPS) is 18.0. The van der Waals surface area contributed by atoms with Crippen LogP contribution in [0.1, 0.15) is 400 Å². The fourth-order valence-electron chi connectivity index (χ4n) is 12.9. The summed E-state index contributed by atoms with van der Waals surface area (Å²) < 4.78 is 17.8. The fraction of sp³-hybridized carbons (Fsp3) is 0.878. The molecule has 1 heterocycles. The largest absolute Gasteiger partial charge is 0.454 e. The van der Waals surface area contributed by atoms with Crippen LogP contribution in [0.5, 0.6) is 0 Å². The molecule has 0 aliphatic carbocycles. The predicted molar refractivity (Wildman–Crippen MR) is 394 cm³/mol. The Labute approximate surface area is 574 Å². The molecule has 546 valence electrons. The number of amides is 1. The molecule has 1 amide bonds. The molecule has 1 fully saturated rings. The lowest BCUT2D eigenvalue weighted by molar-refractivity contribution is -0.305. The molecule has 93 heavy (non-hydrogen) atoms. The van der Waals surface area contributed by atoms with Gasteiger partial charge in [-0.1, -0.05) is 378 Å². The quantitative estimate of drug-likeness (QED) is 0.0195. The fourth-order valence-corrected chi connectivity index (χ4v) is 12.9. The average Bonchev–Trinajstić information content (AvgIpc) is 0.974. The second kappa shape index (κ2) is 69.5. The lowest BCUT2D eigenvalue weighted by atomic mass is 9.99. The number of nitrogens with one attached hydrogen (secondary N) is 1. The smallest absolute Gasteiger partial charge is 0.306 e. The highest BCUT2D eigenvalue weighted by Gasteiger charge is 2.47. The lowest BCUT2D eigenvalue weighted by Gasteiger charge is -2.41. The first-order valence-electron chi connectivity index (χ1n) is 40.4. The van der Waals surface area contributed by atoms with Crippen molar-refractivity contribution in [1.82, 2.24) is 5.32 Å². The lowest BCUT2D eigenvalue weighted by Crippen LogP contribution is -2.61. The molecular formula is C82H153NO10. The number of carbonyl (C=O) groups is 2. The molecule has 0 aromatic carbocycles. The minimum Gasteiger partial charge on any atom is -0.454 e. The third-order valence-electron chi connectivity index (χ3n) is 19.2. The minimum atomic E-state index is -1.61. The molecule has 11 heteroatoms. The zero-order valence-electron chi connectivity index (χ0n) is 61.1. The molecule has 1 saturated heterocycles. The van der Waals surface area contributed by atoms with Gasteiger partial charge in [0.05, 0.1) is 25.4 Å². The number of hydrogen-bond acceptors (Lipinski definition) is 10. The number of aliphatic hydroxyl groups excluding tert-OH is 5. The third-order valence-corrected chi connectivity index (χ3v) is 19.2. The number of aliphatic hydroxyl groups is 5. The summed E-state index contributed by atoms with van der Waals surface area (Å²) in [5, 5.41) is 57.4. The summed E-state index contributed by atoms with van der Waals surface area (Å²) in [6.07, 6.45) is 78.9. The number of ether oxygens (including phenoxy) is 3. The zero-order chi connectivity index (χ0) is 67.4. The monoisotopic (exact) mass is 1310 g/mol. The summed E-state index contributed by atoms with van der Waals surface area (Å²) in [5.74, 6) is -1.18. The van der Waals surface area contributed by atoms with Crippen LogP contribution in [0.4, 0.5) is 0 Å². The first-order chi connectivity index (χ1) is 45.7. The SMILES string of the molecule is CCCCC/C=C\C/C=C\C/C=C\CCCCCCCCCCCCCCCC(O)C(=O)NC(COC1OC(CO)C(O)C(O)C1OC(=O)CCCCCCCCCCCCCCCCCCCCCCCCCCCCC)C(O)/C=C/CCCCCCCCCCC. The highest BCUT2D eigenvalue weighted by Crippen LogP contribution is 2.27. The van der Waals surface area contributed by atoms with Crippen molar-refractivity contribution in [3.8, 4) is 0 Å². The van der Waals surface area contributed by atoms with E-state index in [9.17, 15) is 35.1 Å². The molecule has 8 atom stereocenters. The van der Waals surface area contributed by atoms with Gasteiger partial charge in [-0.25, -0.2) is 0 Å². The Morgan fingerprint density at radius 1 is 0.419 bits per heavy atom. The van der Waals surface area contributed by atoms with E-state index in [1.165, 1.54) is 283 Å². The van der Waals surface area contributed by atoms with Gasteiger partial charge in [0, 0.05) is 6.42 Å². The average molecular weight is 1310 g/mol. The molecule has 1 aliphatic heterocycles. The molecular weight excluding hydrogens is 1160 g/mol. The molecule has 0 saturated carbocycles. The number of esters is 1. The predicted octanol–water partition coefficient (Wildman–Crippen LogP) is 21.9. The van der Waals surface area contributed by atoms with Crippen LogP contribution >= 0.6 is 0 Å². The van der Waals surface area contributed by atoms with E-state index in [1.54, 1.807) is 6.08 Å². The van der Waals surface area contributed by atoms with E-state index in [1.807, 2.05) is 6.08 Å². The topological polar surface area (TPSA) is 175 Å². The summed E-state index contributed by atoms with van der Waals surface area (Å²) >= 11 is 0. The van der Waals surface area contributed by atoms with Crippen LogP contribution in [0.15, 0.2) is 48.6 Å². The number of hydrogen-bond donors (Lipinski definition) is 6. The summed E-state index contributed by atoms with van der Waals surface area (Å²) in [6, 6.07) is -1.02. The van der Waals surface area contributed by atoms with Crippen molar-refractivity contribution in [2.75, 3.05) is 13.2 Å². The van der Waals surface area contributed by atoms with Gasteiger partial charge >= 0.3 is 5.97 Å². The molecule has 1 rings (SSSR count). The number of rotatable bonds is 71. The number of carbonyl (C=O) groups excluding carboxylic acids is 2. The van der Waals surface area contributed by atoms with Gasteiger partial charge in [0.1, 0.15) is 24.4 Å². The molecule has 8 unspecified atom stereocenters. The Hall–Kier alpha value is -2.38.